The molecule has 0 saturated carbocycles. The second kappa shape index (κ2) is 6.48. The number of aryl methyl sites for hydroxylation is 1. The van der Waals surface area contributed by atoms with Gasteiger partial charge in [0.2, 0.25) is 0 Å². The summed E-state index contributed by atoms with van der Waals surface area (Å²) in [5.74, 6) is 1.24. The Morgan fingerprint density at radius 3 is 2.74 bits per heavy atom. The molecule has 3 aromatic rings. The number of nitrogens with two attached hydrogens (primary N) is 1. The molecule has 4 N–H and O–H groups in total. The van der Waals surface area contributed by atoms with Crippen molar-refractivity contribution in [2.24, 2.45) is 0 Å². The number of pyridine rings is 1. The minimum Gasteiger partial charge on any atom is -0.393 e. The molecule has 0 aliphatic rings. The van der Waals surface area contributed by atoms with Gasteiger partial charge in [0.05, 0.1) is 5.52 Å². The van der Waals surface area contributed by atoms with E-state index in [9.17, 15) is 0 Å². The molecule has 0 atom stereocenters. The van der Waals surface area contributed by atoms with Crippen LogP contribution in [0.2, 0.25) is 0 Å². The zero-order valence-corrected chi connectivity index (χ0v) is 13.3. The molecule has 6 nitrogen and oxygen atoms in total. The number of anilines is 4. The van der Waals surface area contributed by atoms with Crippen LogP contribution in [-0.4, -0.2) is 21.5 Å². The molecule has 2 heterocycles. The fourth-order valence-corrected chi connectivity index (χ4v) is 2.37. The number of hydrogen-bond acceptors (Lipinski definition) is 6. The lowest BCUT2D eigenvalue weighted by Gasteiger charge is -2.13. The highest BCUT2D eigenvalue weighted by Gasteiger charge is 2.09. The van der Waals surface area contributed by atoms with E-state index in [0.717, 1.165) is 35.2 Å². The molecule has 118 valence electrons. The number of rotatable bonds is 5. The number of fused-ring (bicyclic) bond motifs is 1. The Kier molecular flexibility index (Phi) is 4.23. The predicted molar refractivity (Wildman–Crippen MR) is 95.0 cm³/mol. The van der Waals surface area contributed by atoms with E-state index >= 15 is 0 Å². The summed E-state index contributed by atoms with van der Waals surface area (Å²) >= 11 is 0. The Hall–Kier alpha value is -2.89. The molecule has 0 spiro atoms. The largest absolute Gasteiger partial charge is 0.393 e. The number of nitrogen functional groups attached to an aromatic ring is 1. The zero-order valence-electron chi connectivity index (χ0n) is 13.3. The fraction of sp³-hybridized carbons (Fsp3) is 0.235. The van der Waals surface area contributed by atoms with Crippen molar-refractivity contribution in [1.82, 2.24) is 15.0 Å². The van der Waals surface area contributed by atoms with Crippen molar-refractivity contribution < 1.29 is 0 Å². The summed E-state index contributed by atoms with van der Waals surface area (Å²) in [6.45, 7) is 4.89. The average molecular weight is 308 g/mol. The maximum absolute atomic E-state index is 6.17. The Morgan fingerprint density at radius 2 is 1.91 bits per heavy atom. The van der Waals surface area contributed by atoms with Crippen molar-refractivity contribution >= 4 is 33.9 Å². The monoisotopic (exact) mass is 308 g/mol. The molecule has 0 bridgehead atoms. The van der Waals surface area contributed by atoms with Crippen LogP contribution in [-0.2, 0) is 0 Å². The first-order valence-corrected chi connectivity index (χ1v) is 7.66. The number of aromatic nitrogens is 3. The molecule has 3 rings (SSSR count). The molecule has 0 aliphatic heterocycles. The lowest BCUT2D eigenvalue weighted by Crippen LogP contribution is -2.08. The fourth-order valence-electron chi connectivity index (χ4n) is 2.37. The van der Waals surface area contributed by atoms with Gasteiger partial charge in [-0.05, 0) is 37.6 Å². The molecule has 0 unspecified atom stereocenters. The highest BCUT2D eigenvalue weighted by Crippen LogP contribution is 2.29. The first kappa shape index (κ1) is 15.0. The van der Waals surface area contributed by atoms with Gasteiger partial charge in [0.15, 0.2) is 11.6 Å². The van der Waals surface area contributed by atoms with E-state index in [1.165, 1.54) is 6.33 Å². The van der Waals surface area contributed by atoms with Gasteiger partial charge in [0.25, 0.3) is 0 Å². The zero-order chi connectivity index (χ0) is 16.2. The Morgan fingerprint density at radius 1 is 1.09 bits per heavy atom. The van der Waals surface area contributed by atoms with Crippen LogP contribution in [0, 0.1) is 6.92 Å². The molecule has 0 fully saturated rings. The van der Waals surface area contributed by atoms with Crippen LogP contribution in [0.1, 0.15) is 19.0 Å². The number of nitrogens with one attached hydrogen (secondary N) is 2. The Labute approximate surface area is 135 Å². The van der Waals surface area contributed by atoms with Crippen LogP contribution < -0.4 is 16.4 Å². The van der Waals surface area contributed by atoms with Crippen LogP contribution in [0.15, 0.2) is 36.7 Å². The first-order chi connectivity index (χ1) is 11.2. The van der Waals surface area contributed by atoms with Gasteiger partial charge in [0.1, 0.15) is 12.0 Å². The summed E-state index contributed by atoms with van der Waals surface area (Å²) in [6, 6.07) is 9.98. The van der Waals surface area contributed by atoms with Gasteiger partial charge in [0, 0.05) is 23.3 Å². The third-order valence-electron chi connectivity index (χ3n) is 3.55. The van der Waals surface area contributed by atoms with Gasteiger partial charge in [-0.2, -0.15) is 0 Å². The van der Waals surface area contributed by atoms with Gasteiger partial charge < -0.3 is 16.4 Å². The lowest BCUT2D eigenvalue weighted by atomic mass is 10.1. The maximum Gasteiger partial charge on any atom is 0.159 e. The van der Waals surface area contributed by atoms with E-state index in [4.69, 9.17) is 5.73 Å². The van der Waals surface area contributed by atoms with Gasteiger partial charge in [-0.3, -0.25) is 4.98 Å². The topological polar surface area (TPSA) is 88.8 Å². The van der Waals surface area contributed by atoms with E-state index in [0.29, 0.717) is 17.3 Å². The van der Waals surface area contributed by atoms with Crippen molar-refractivity contribution in [1.29, 1.82) is 0 Å². The molecular weight excluding hydrogens is 288 g/mol. The summed E-state index contributed by atoms with van der Waals surface area (Å²) in [7, 11) is 0. The summed E-state index contributed by atoms with van der Waals surface area (Å²) in [6.07, 6.45) is 2.50. The standard InChI is InChI=1S/C17H20N6/c1-3-9-19-16-15(18)17(21-10-20-16)23-14-6-4-5-13-12(14)8-7-11(2)22-13/h4-8,10H,3,9,18H2,1-2H3,(H2,19,20,21,23). The van der Waals surface area contributed by atoms with Crippen molar-refractivity contribution in [3.8, 4) is 0 Å². The van der Waals surface area contributed by atoms with Crippen LogP contribution in [0.25, 0.3) is 10.9 Å². The molecule has 0 aliphatic carbocycles. The first-order valence-electron chi connectivity index (χ1n) is 7.66. The third-order valence-corrected chi connectivity index (χ3v) is 3.55. The molecule has 23 heavy (non-hydrogen) atoms. The Bertz CT molecular complexity index is 830. The van der Waals surface area contributed by atoms with Crippen LogP contribution in [0.4, 0.5) is 23.0 Å². The smallest absolute Gasteiger partial charge is 0.159 e. The quantitative estimate of drug-likeness (QED) is 0.668. The molecule has 2 aromatic heterocycles. The molecule has 0 saturated heterocycles. The molecule has 6 heteroatoms. The number of nitrogens with zero attached hydrogens (tertiary/aromatic N) is 3. The third kappa shape index (κ3) is 3.15. The number of hydrogen-bond donors (Lipinski definition) is 3. The lowest BCUT2D eigenvalue weighted by molar-refractivity contribution is 0.966. The maximum atomic E-state index is 6.17. The summed E-state index contributed by atoms with van der Waals surface area (Å²) in [4.78, 5) is 13.0. The van der Waals surface area contributed by atoms with E-state index < -0.39 is 0 Å². The number of benzene rings is 1. The second-order valence-electron chi connectivity index (χ2n) is 5.36. The second-order valence-corrected chi connectivity index (χ2v) is 5.36. The SMILES string of the molecule is CCCNc1ncnc(Nc2cccc3nc(C)ccc23)c1N. The van der Waals surface area contributed by atoms with Crippen molar-refractivity contribution in [2.75, 3.05) is 22.9 Å². The summed E-state index contributed by atoms with van der Waals surface area (Å²) in [5.41, 5.74) is 9.53. The average Bonchev–Trinajstić information content (AvgIpc) is 2.55. The van der Waals surface area contributed by atoms with Gasteiger partial charge in [-0.1, -0.05) is 13.0 Å². The van der Waals surface area contributed by atoms with Crippen molar-refractivity contribution in [2.45, 2.75) is 20.3 Å². The van der Waals surface area contributed by atoms with Crippen molar-refractivity contribution in [3.63, 3.8) is 0 Å². The van der Waals surface area contributed by atoms with Crippen LogP contribution in [0.3, 0.4) is 0 Å². The molecule has 0 amide bonds. The van der Waals surface area contributed by atoms with E-state index in [1.54, 1.807) is 0 Å². The van der Waals surface area contributed by atoms with Gasteiger partial charge in [-0.15, -0.1) is 0 Å². The van der Waals surface area contributed by atoms with E-state index in [2.05, 4.69) is 32.5 Å². The van der Waals surface area contributed by atoms with E-state index in [1.807, 2.05) is 37.3 Å². The highest BCUT2D eigenvalue weighted by molar-refractivity contribution is 5.94. The van der Waals surface area contributed by atoms with Crippen LogP contribution in [0.5, 0.6) is 0 Å². The Balaban J connectivity index is 1.96. The summed E-state index contributed by atoms with van der Waals surface area (Å²) in [5, 5.41) is 7.53. The van der Waals surface area contributed by atoms with Gasteiger partial charge >= 0.3 is 0 Å². The molecule has 0 radical (unpaired) electrons. The van der Waals surface area contributed by atoms with E-state index in [-0.39, 0.29) is 0 Å². The summed E-state index contributed by atoms with van der Waals surface area (Å²) < 4.78 is 0. The van der Waals surface area contributed by atoms with Crippen LogP contribution >= 0.6 is 0 Å². The molecular formula is C17H20N6. The normalized spacial score (nSPS) is 10.7. The van der Waals surface area contributed by atoms with Gasteiger partial charge in [-0.25, -0.2) is 9.97 Å². The minimum absolute atomic E-state index is 0.512. The minimum atomic E-state index is 0.512. The van der Waals surface area contributed by atoms with Crippen molar-refractivity contribution in [3.05, 3.63) is 42.4 Å². The molecule has 1 aromatic carbocycles. The highest BCUT2D eigenvalue weighted by atomic mass is 15.1. The predicted octanol–water partition coefficient (Wildman–Crippen LogP) is 3.48.